The Kier molecular flexibility index (Phi) is 11.5. The Balaban J connectivity index is 4.67. The lowest BCUT2D eigenvalue weighted by molar-refractivity contribution is 0.130. The molecule has 0 aromatic rings. The molecule has 0 aromatic carbocycles. The second-order valence-electron chi connectivity index (χ2n) is 4.40. The largest absolute Gasteiger partial charge is 0.529 e. The number of nitriles is 1. The second kappa shape index (κ2) is 12.0. The lowest BCUT2D eigenvalue weighted by Gasteiger charge is -2.19. The summed E-state index contributed by atoms with van der Waals surface area (Å²) in [5.74, 6) is 0.353. The summed E-state index contributed by atoms with van der Waals surface area (Å²) in [5, 5.41) is 8.71. The summed E-state index contributed by atoms with van der Waals surface area (Å²) in [6.45, 7) is 6.64. The van der Waals surface area contributed by atoms with Gasteiger partial charge in [0.25, 0.3) is 0 Å². The lowest BCUT2D eigenvalue weighted by Crippen LogP contribution is -2.03. The predicted octanol–water partition coefficient (Wildman–Crippen LogP) is 4.95. The normalized spacial score (nSPS) is 12.2. The summed E-state index contributed by atoms with van der Waals surface area (Å²) in [6, 6.07) is 1.89. The van der Waals surface area contributed by atoms with E-state index in [1.54, 1.807) is 0 Å². The van der Waals surface area contributed by atoms with Crippen LogP contribution in [0.25, 0.3) is 0 Å². The Morgan fingerprint density at radius 3 is 2.05 bits per heavy atom. The van der Waals surface area contributed by atoms with Gasteiger partial charge in [-0.1, -0.05) is 33.6 Å². The molecule has 0 aliphatic rings. The van der Waals surface area contributed by atoms with E-state index < -0.39 is 7.82 Å². The van der Waals surface area contributed by atoms with E-state index >= 15 is 0 Å². The van der Waals surface area contributed by atoms with Gasteiger partial charge >= 0.3 is 7.82 Å². The molecule has 0 aliphatic heterocycles. The Morgan fingerprint density at radius 1 is 1.10 bits per heavy atom. The van der Waals surface area contributed by atoms with Crippen molar-refractivity contribution in [2.24, 2.45) is 0 Å². The molecule has 6 heteroatoms. The van der Waals surface area contributed by atoms with E-state index in [0.29, 0.717) is 25.4 Å². The molecule has 116 valence electrons. The van der Waals surface area contributed by atoms with Crippen LogP contribution in [0.2, 0.25) is 0 Å². The van der Waals surface area contributed by atoms with E-state index in [4.69, 9.17) is 18.8 Å². The van der Waals surface area contributed by atoms with Crippen molar-refractivity contribution in [3.05, 3.63) is 11.8 Å². The molecule has 0 saturated carbocycles. The van der Waals surface area contributed by atoms with Crippen LogP contribution < -0.4 is 0 Å². The summed E-state index contributed by atoms with van der Waals surface area (Å²) in [5.41, 5.74) is 0. The van der Waals surface area contributed by atoms with Crippen molar-refractivity contribution < 1.29 is 18.1 Å². The summed E-state index contributed by atoms with van der Waals surface area (Å²) in [6.07, 6.45) is 6.02. The van der Waals surface area contributed by atoms with Gasteiger partial charge in [-0.2, -0.15) is 5.26 Å². The van der Waals surface area contributed by atoms with Crippen molar-refractivity contribution in [1.29, 1.82) is 5.26 Å². The SMILES string of the molecule is CCCCOP(=O)(OCCCC)O/C(=C/C#N)CCC. The monoisotopic (exact) mass is 303 g/mol. The van der Waals surface area contributed by atoms with Crippen molar-refractivity contribution in [2.45, 2.75) is 59.3 Å². The highest BCUT2D eigenvalue weighted by molar-refractivity contribution is 7.48. The molecular weight excluding hydrogens is 277 g/mol. The van der Waals surface area contributed by atoms with E-state index in [-0.39, 0.29) is 0 Å². The van der Waals surface area contributed by atoms with Crippen molar-refractivity contribution in [3.8, 4) is 6.07 Å². The van der Waals surface area contributed by atoms with E-state index in [1.807, 2.05) is 26.8 Å². The van der Waals surface area contributed by atoms with E-state index in [1.165, 1.54) is 6.08 Å². The van der Waals surface area contributed by atoms with Gasteiger partial charge in [-0.15, -0.1) is 0 Å². The summed E-state index contributed by atoms with van der Waals surface area (Å²) in [7, 11) is -3.61. The average molecular weight is 303 g/mol. The highest BCUT2D eigenvalue weighted by Gasteiger charge is 2.29. The summed E-state index contributed by atoms with van der Waals surface area (Å²) in [4.78, 5) is 0. The van der Waals surface area contributed by atoms with Crippen LogP contribution in [-0.2, 0) is 18.1 Å². The minimum atomic E-state index is -3.61. The molecule has 0 N–H and O–H groups in total. The molecule has 0 saturated heterocycles. The molecule has 0 aliphatic carbocycles. The third kappa shape index (κ3) is 9.14. The Hall–Kier alpha value is -0.820. The summed E-state index contributed by atoms with van der Waals surface area (Å²) >= 11 is 0. The third-order valence-corrected chi connectivity index (χ3v) is 3.90. The first kappa shape index (κ1) is 19.2. The van der Waals surface area contributed by atoms with Crippen LogP contribution in [0.1, 0.15) is 59.3 Å². The maximum absolute atomic E-state index is 12.5. The van der Waals surface area contributed by atoms with Crippen molar-refractivity contribution >= 4 is 7.82 Å². The van der Waals surface area contributed by atoms with Gasteiger partial charge in [-0.05, 0) is 19.3 Å². The topological polar surface area (TPSA) is 68.6 Å². The van der Waals surface area contributed by atoms with Crippen LogP contribution >= 0.6 is 7.82 Å². The average Bonchev–Trinajstić information content (AvgIpc) is 2.40. The number of nitrogens with zero attached hydrogens (tertiary/aromatic N) is 1. The first-order valence-corrected chi connectivity index (χ1v) is 8.75. The highest BCUT2D eigenvalue weighted by atomic mass is 31.2. The number of allylic oxidation sites excluding steroid dienone is 2. The Morgan fingerprint density at radius 2 is 1.65 bits per heavy atom. The van der Waals surface area contributed by atoms with Crippen LogP contribution in [0.15, 0.2) is 11.8 Å². The fourth-order valence-corrected chi connectivity index (χ4v) is 2.65. The minimum absolute atomic E-state index is 0.325. The van der Waals surface area contributed by atoms with E-state index in [9.17, 15) is 4.57 Å². The zero-order valence-electron chi connectivity index (χ0n) is 12.8. The minimum Gasteiger partial charge on any atom is -0.408 e. The molecule has 0 unspecified atom stereocenters. The van der Waals surface area contributed by atoms with Crippen LogP contribution in [0.3, 0.4) is 0 Å². The van der Waals surface area contributed by atoms with Gasteiger partial charge < -0.3 is 4.52 Å². The first-order valence-electron chi connectivity index (χ1n) is 7.29. The van der Waals surface area contributed by atoms with Gasteiger partial charge in [0.2, 0.25) is 0 Å². The number of rotatable bonds is 12. The van der Waals surface area contributed by atoms with Gasteiger partial charge in [-0.25, -0.2) is 4.57 Å². The van der Waals surface area contributed by atoms with Gasteiger partial charge in [-0.3, -0.25) is 9.05 Å². The third-order valence-electron chi connectivity index (χ3n) is 2.45. The molecule has 0 atom stereocenters. The zero-order valence-corrected chi connectivity index (χ0v) is 13.7. The van der Waals surface area contributed by atoms with Gasteiger partial charge in [0.05, 0.1) is 25.4 Å². The molecule has 0 radical (unpaired) electrons. The van der Waals surface area contributed by atoms with Crippen molar-refractivity contribution in [1.82, 2.24) is 0 Å². The highest BCUT2D eigenvalue weighted by Crippen LogP contribution is 2.52. The smallest absolute Gasteiger partial charge is 0.408 e. The number of hydrogen-bond donors (Lipinski definition) is 0. The Bertz CT molecular complexity index is 349. The van der Waals surface area contributed by atoms with E-state index in [2.05, 4.69) is 0 Å². The number of unbranched alkanes of at least 4 members (excludes halogenated alkanes) is 2. The molecule has 20 heavy (non-hydrogen) atoms. The number of phosphoric ester groups is 1. The molecule has 0 aromatic heterocycles. The Labute approximate surface area is 122 Å². The van der Waals surface area contributed by atoms with Gasteiger partial charge in [0.1, 0.15) is 5.76 Å². The van der Waals surface area contributed by atoms with Gasteiger partial charge in [0.15, 0.2) is 0 Å². The van der Waals surface area contributed by atoms with Gasteiger partial charge in [0, 0.05) is 6.42 Å². The van der Waals surface area contributed by atoms with E-state index in [0.717, 1.165) is 32.1 Å². The standard InChI is InChI=1S/C14H26NO4P/c1-4-7-12-17-20(16,18-13-8-5-2)19-14(9-6-3)10-11-15/h10H,4-9,12-13H2,1-3H3/b14-10+. The van der Waals surface area contributed by atoms with Crippen molar-refractivity contribution in [2.75, 3.05) is 13.2 Å². The summed E-state index contributed by atoms with van der Waals surface area (Å²) < 4.78 is 28.5. The second-order valence-corrected chi connectivity index (χ2v) is 6.00. The molecule has 0 amide bonds. The van der Waals surface area contributed by atoms with Crippen LogP contribution in [0.5, 0.6) is 0 Å². The molecule has 0 fully saturated rings. The van der Waals surface area contributed by atoms with Crippen molar-refractivity contribution in [3.63, 3.8) is 0 Å². The molecule has 0 spiro atoms. The maximum Gasteiger partial charge on any atom is 0.529 e. The fraction of sp³-hybridized carbons (Fsp3) is 0.786. The lowest BCUT2D eigenvalue weighted by atomic mass is 10.3. The predicted molar refractivity (Wildman–Crippen MR) is 79.0 cm³/mol. The molecule has 0 rings (SSSR count). The molecular formula is C14H26NO4P. The first-order chi connectivity index (χ1) is 9.61. The quantitative estimate of drug-likeness (QED) is 0.221. The fourth-order valence-electron chi connectivity index (χ4n) is 1.34. The van der Waals surface area contributed by atoms with Crippen LogP contribution in [0.4, 0.5) is 0 Å². The number of hydrogen-bond acceptors (Lipinski definition) is 5. The maximum atomic E-state index is 12.5. The zero-order chi connectivity index (χ0) is 15.3. The van der Waals surface area contributed by atoms with Crippen LogP contribution in [0, 0.1) is 11.3 Å². The number of phosphoric acid groups is 1. The van der Waals surface area contributed by atoms with Crippen LogP contribution in [-0.4, -0.2) is 13.2 Å². The molecule has 5 nitrogen and oxygen atoms in total. The molecule has 0 heterocycles. The molecule has 0 bridgehead atoms.